The first-order chi connectivity index (χ1) is 13.8. The zero-order valence-corrected chi connectivity index (χ0v) is 16.4. The van der Waals surface area contributed by atoms with E-state index in [1.807, 2.05) is 0 Å². The molecule has 0 atom stereocenters. The zero-order chi connectivity index (χ0) is 21.1. The summed E-state index contributed by atoms with van der Waals surface area (Å²) in [5.41, 5.74) is 0.264. The Kier molecular flexibility index (Phi) is 5.95. The highest BCUT2D eigenvalue weighted by atomic mass is 35.5. The van der Waals surface area contributed by atoms with E-state index >= 15 is 0 Å². The van der Waals surface area contributed by atoms with Crippen LogP contribution in [-0.4, -0.2) is 28.4 Å². The quantitative estimate of drug-likeness (QED) is 0.234. The van der Waals surface area contributed by atoms with Crippen LogP contribution in [0.25, 0.3) is 11.3 Å². The molecule has 0 amide bonds. The number of benzene rings is 2. The Balaban J connectivity index is 1.80. The second-order valence-corrected chi connectivity index (χ2v) is 6.68. The van der Waals surface area contributed by atoms with Gasteiger partial charge in [-0.3, -0.25) is 14.9 Å². The summed E-state index contributed by atoms with van der Waals surface area (Å²) in [7, 11) is 0. The van der Waals surface area contributed by atoms with E-state index in [-0.39, 0.29) is 27.6 Å². The Morgan fingerprint density at radius 3 is 2.59 bits per heavy atom. The summed E-state index contributed by atoms with van der Waals surface area (Å²) >= 11 is 11.9. The lowest BCUT2D eigenvalue weighted by Crippen LogP contribution is -2.15. The maximum absolute atomic E-state index is 12.6. The largest absolute Gasteiger partial charge is 0.454 e. The third-order valence-electron chi connectivity index (χ3n) is 3.99. The van der Waals surface area contributed by atoms with Crippen molar-refractivity contribution >= 4 is 40.6 Å². The molecule has 0 unspecified atom stereocenters. The van der Waals surface area contributed by atoms with Crippen LogP contribution in [0.5, 0.6) is 0 Å². The van der Waals surface area contributed by atoms with Crippen molar-refractivity contribution in [3.63, 3.8) is 0 Å². The van der Waals surface area contributed by atoms with Gasteiger partial charge in [-0.25, -0.2) is 4.79 Å². The van der Waals surface area contributed by atoms with Crippen LogP contribution in [0, 0.1) is 17.0 Å². The second-order valence-electron chi connectivity index (χ2n) is 5.86. The number of Topliss-reactive ketones (excluding diaryl/α,β-unsaturated/α-hetero) is 1. The fourth-order valence-corrected chi connectivity index (χ4v) is 2.97. The van der Waals surface area contributed by atoms with E-state index < -0.39 is 29.0 Å². The number of hydrogen-bond donors (Lipinski definition) is 0. The van der Waals surface area contributed by atoms with Gasteiger partial charge in [0.05, 0.1) is 9.95 Å². The number of nitrogens with zero attached hydrogens (tertiary/aromatic N) is 2. The summed E-state index contributed by atoms with van der Waals surface area (Å²) in [6, 6.07) is 10.3. The van der Waals surface area contributed by atoms with Crippen LogP contribution in [0.2, 0.25) is 10.0 Å². The minimum absolute atomic E-state index is 0.0118. The molecule has 0 aliphatic carbocycles. The summed E-state index contributed by atoms with van der Waals surface area (Å²) in [5.74, 6) is -1.28. The first-order valence-corrected chi connectivity index (χ1v) is 8.90. The fourth-order valence-electron chi connectivity index (χ4n) is 2.56. The maximum Gasteiger partial charge on any atom is 0.344 e. The molecule has 0 bridgehead atoms. The number of aryl methyl sites for hydroxylation is 1. The van der Waals surface area contributed by atoms with Gasteiger partial charge < -0.3 is 9.26 Å². The zero-order valence-electron chi connectivity index (χ0n) is 14.8. The van der Waals surface area contributed by atoms with E-state index in [4.69, 9.17) is 32.5 Å². The number of esters is 1. The van der Waals surface area contributed by atoms with Crippen LogP contribution in [0.1, 0.15) is 26.5 Å². The van der Waals surface area contributed by atoms with Gasteiger partial charge in [0, 0.05) is 17.2 Å². The van der Waals surface area contributed by atoms with Crippen molar-refractivity contribution in [2.45, 2.75) is 6.92 Å². The number of carbonyl (C=O) groups is 2. The number of aromatic nitrogens is 1. The fraction of sp³-hybridized carbons (Fsp3) is 0.105. The summed E-state index contributed by atoms with van der Waals surface area (Å²) in [6.07, 6.45) is 0. The predicted molar refractivity (Wildman–Crippen MR) is 104 cm³/mol. The molecule has 148 valence electrons. The highest BCUT2D eigenvalue weighted by Crippen LogP contribution is 2.31. The van der Waals surface area contributed by atoms with Gasteiger partial charge in [-0.1, -0.05) is 46.6 Å². The molecular weight excluding hydrogens is 423 g/mol. The first kappa shape index (κ1) is 20.5. The van der Waals surface area contributed by atoms with E-state index in [1.165, 1.54) is 19.1 Å². The molecule has 8 nitrogen and oxygen atoms in total. The van der Waals surface area contributed by atoms with Crippen LogP contribution in [0.3, 0.4) is 0 Å². The molecule has 3 rings (SSSR count). The van der Waals surface area contributed by atoms with Crippen molar-refractivity contribution in [2.24, 2.45) is 0 Å². The maximum atomic E-state index is 12.6. The van der Waals surface area contributed by atoms with E-state index in [2.05, 4.69) is 5.16 Å². The van der Waals surface area contributed by atoms with Gasteiger partial charge in [0.1, 0.15) is 22.0 Å². The highest BCUT2D eigenvalue weighted by molar-refractivity contribution is 6.33. The topological polar surface area (TPSA) is 113 Å². The number of hydrogen-bond acceptors (Lipinski definition) is 7. The van der Waals surface area contributed by atoms with Crippen LogP contribution in [-0.2, 0) is 4.74 Å². The number of nitro benzene ring substituents is 1. The Bertz CT molecular complexity index is 1130. The molecule has 0 aliphatic heterocycles. The van der Waals surface area contributed by atoms with Gasteiger partial charge in [-0.15, -0.1) is 0 Å². The van der Waals surface area contributed by atoms with Gasteiger partial charge in [0.2, 0.25) is 5.78 Å². The first-order valence-electron chi connectivity index (χ1n) is 8.15. The molecule has 29 heavy (non-hydrogen) atoms. The Morgan fingerprint density at radius 2 is 1.90 bits per heavy atom. The molecule has 0 fully saturated rings. The van der Waals surface area contributed by atoms with Gasteiger partial charge in [0.25, 0.3) is 5.69 Å². The minimum Gasteiger partial charge on any atom is -0.454 e. The van der Waals surface area contributed by atoms with E-state index in [9.17, 15) is 19.7 Å². The molecule has 0 saturated heterocycles. The van der Waals surface area contributed by atoms with Gasteiger partial charge in [0.15, 0.2) is 6.61 Å². The van der Waals surface area contributed by atoms with E-state index in [1.54, 1.807) is 24.3 Å². The summed E-state index contributed by atoms with van der Waals surface area (Å²) < 4.78 is 10.2. The van der Waals surface area contributed by atoms with Crippen LogP contribution in [0.15, 0.2) is 47.0 Å². The van der Waals surface area contributed by atoms with Gasteiger partial charge >= 0.3 is 5.97 Å². The molecule has 0 spiro atoms. The predicted octanol–water partition coefficient (Wildman–Crippen LogP) is 4.90. The van der Waals surface area contributed by atoms with Gasteiger partial charge in [-0.2, -0.15) is 0 Å². The van der Waals surface area contributed by atoms with Gasteiger partial charge in [-0.05, 0) is 25.1 Å². The number of nitro groups is 1. The summed E-state index contributed by atoms with van der Waals surface area (Å²) in [5, 5.41) is 15.1. The van der Waals surface area contributed by atoms with Crippen molar-refractivity contribution in [3.8, 4) is 11.3 Å². The van der Waals surface area contributed by atoms with Crippen molar-refractivity contribution in [3.05, 3.63) is 79.5 Å². The van der Waals surface area contributed by atoms with Crippen molar-refractivity contribution in [1.29, 1.82) is 0 Å². The third kappa shape index (κ3) is 4.28. The molecule has 2 aromatic carbocycles. The molecule has 0 radical (unpaired) electrons. The summed E-state index contributed by atoms with van der Waals surface area (Å²) in [4.78, 5) is 35.1. The smallest absolute Gasteiger partial charge is 0.344 e. The Hall–Kier alpha value is -3.23. The molecule has 0 aliphatic rings. The lowest BCUT2D eigenvalue weighted by Gasteiger charge is -2.06. The van der Waals surface area contributed by atoms with E-state index in [0.717, 1.165) is 6.07 Å². The second kappa shape index (κ2) is 8.42. The average molecular weight is 435 g/mol. The lowest BCUT2D eigenvalue weighted by molar-refractivity contribution is -0.384. The molecule has 3 aromatic rings. The molecular formula is C19H12Cl2N2O6. The standard InChI is InChI=1S/C19H12Cl2N2O6/c1-10-17(18(22-29-10)12-4-2-3-5-13(12)20)19(25)28-9-16(24)11-6-7-14(21)15(8-11)23(26)27/h2-8H,9H2,1H3. The number of rotatable bonds is 6. The molecule has 0 saturated carbocycles. The summed E-state index contributed by atoms with van der Waals surface area (Å²) in [6.45, 7) is 0.887. The molecule has 1 heterocycles. The third-order valence-corrected chi connectivity index (χ3v) is 4.64. The molecule has 10 heteroatoms. The van der Waals surface area contributed by atoms with E-state index in [0.29, 0.717) is 10.6 Å². The average Bonchev–Trinajstić information content (AvgIpc) is 3.07. The molecule has 0 N–H and O–H groups in total. The number of carbonyl (C=O) groups excluding carboxylic acids is 2. The van der Waals surface area contributed by atoms with Crippen LogP contribution < -0.4 is 0 Å². The Morgan fingerprint density at radius 1 is 1.17 bits per heavy atom. The lowest BCUT2D eigenvalue weighted by atomic mass is 10.1. The Labute approximate surface area is 174 Å². The van der Waals surface area contributed by atoms with Crippen molar-refractivity contribution in [1.82, 2.24) is 5.16 Å². The monoisotopic (exact) mass is 434 g/mol. The normalized spacial score (nSPS) is 10.6. The van der Waals surface area contributed by atoms with Crippen molar-refractivity contribution < 1.29 is 23.8 Å². The minimum atomic E-state index is -0.838. The van der Waals surface area contributed by atoms with Crippen LogP contribution in [0.4, 0.5) is 5.69 Å². The number of ether oxygens (including phenoxy) is 1. The van der Waals surface area contributed by atoms with Crippen molar-refractivity contribution in [2.75, 3.05) is 6.61 Å². The highest BCUT2D eigenvalue weighted by Gasteiger charge is 2.25. The molecule has 1 aromatic heterocycles. The van der Waals surface area contributed by atoms with Crippen LogP contribution >= 0.6 is 23.2 Å². The number of ketones is 1. The number of halogens is 2. The SMILES string of the molecule is Cc1onc(-c2ccccc2Cl)c1C(=O)OCC(=O)c1ccc(Cl)c([N+](=O)[O-])c1.